The Morgan fingerprint density at radius 2 is 2.04 bits per heavy atom. The highest BCUT2D eigenvalue weighted by Gasteiger charge is 2.20. The fourth-order valence-corrected chi connectivity index (χ4v) is 4.05. The number of aromatic nitrogens is 3. The van der Waals surface area contributed by atoms with Crippen LogP contribution in [0.2, 0.25) is 5.02 Å². The lowest BCUT2D eigenvalue weighted by Crippen LogP contribution is -2.07. The number of benzene rings is 1. The van der Waals surface area contributed by atoms with E-state index in [0.29, 0.717) is 11.6 Å². The minimum atomic E-state index is 0.264. The van der Waals surface area contributed by atoms with E-state index in [4.69, 9.17) is 22.4 Å². The van der Waals surface area contributed by atoms with Crippen LogP contribution in [0.25, 0.3) is 0 Å². The van der Waals surface area contributed by atoms with Crippen LogP contribution < -0.4 is 5.84 Å². The Hall–Kier alpha value is -2.31. The average molecular weight is 386 g/mol. The molecule has 0 fully saturated rings. The van der Waals surface area contributed by atoms with Gasteiger partial charge in [0.15, 0.2) is 5.82 Å². The SMILES string of the molecule is CC(C)c1nc(C=NN)n(Cc2ccncc2)c1Sc1cccc(Cl)c1. The van der Waals surface area contributed by atoms with Crippen LogP contribution in [0, 0.1) is 0 Å². The van der Waals surface area contributed by atoms with Crippen molar-refractivity contribution in [1.82, 2.24) is 14.5 Å². The number of imidazole rings is 1. The standard InChI is InChI=1S/C19H20ClN5S/c1-13(2)18-19(26-16-5-3-4-15(20)10-16)25(17(24-18)11-23-21)12-14-6-8-22-9-7-14/h3-11,13H,12,21H2,1-2H3. The fraction of sp³-hybridized carbons (Fsp3) is 0.211. The molecule has 7 heteroatoms. The normalized spacial score (nSPS) is 11.5. The van der Waals surface area contributed by atoms with Crippen molar-refractivity contribution in [3.63, 3.8) is 0 Å². The second-order valence-corrected chi connectivity index (χ2v) is 7.59. The summed E-state index contributed by atoms with van der Waals surface area (Å²) in [7, 11) is 0. The molecule has 5 nitrogen and oxygen atoms in total. The molecule has 3 aromatic rings. The van der Waals surface area contributed by atoms with Crippen molar-refractivity contribution in [3.05, 3.63) is 70.9 Å². The number of rotatable bonds is 6. The Balaban J connectivity index is 2.09. The molecule has 134 valence electrons. The lowest BCUT2D eigenvalue weighted by atomic mass is 10.1. The summed E-state index contributed by atoms with van der Waals surface area (Å²) in [5.74, 6) is 6.41. The van der Waals surface area contributed by atoms with E-state index in [1.165, 1.54) is 0 Å². The predicted octanol–water partition coefficient (Wildman–Crippen LogP) is 4.55. The molecular weight excluding hydrogens is 366 g/mol. The lowest BCUT2D eigenvalue weighted by Gasteiger charge is -2.12. The van der Waals surface area contributed by atoms with Crippen LogP contribution >= 0.6 is 23.4 Å². The molecule has 0 saturated heterocycles. The van der Waals surface area contributed by atoms with Crippen LogP contribution in [-0.2, 0) is 6.54 Å². The van der Waals surface area contributed by atoms with Crippen molar-refractivity contribution in [3.8, 4) is 0 Å². The number of hydrogen-bond donors (Lipinski definition) is 1. The van der Waals surface area contributed by atoms with Gasteiger partial charge in [-0.05, 0) is 41.8 Å². The largest absolute Gasteiger partial charge is 0.323 e. The fourth-order valence-electron chi connectivity index (χ4n) is 2.59. The van der Waals surface area contributed by atoms with Crippen molar-refractivity contribution in [2.75, 3.05) is 0 Å². The first-order valence-corrected chi connectivity index (χ1v) is 9.44. The summed E-state index contributed by atoms with van der Waals surface area (Å²) in [6.07, 6.45) is 5.17. The van der Waals surface area contributed by atoms with Crippen LogP contribution in [0.4, 0.5) is 0 Å². The van der Waals surface area contributed by atoms with Gasteiger partial charge in [0.1, 0.15) is 5.03 Å². The van der Waals surface area contributed by atoms with Gasteiger partial charge >= 0.3 is 0 Å². The molecule has 26 heavy (non-hydrogen) atoms. The molecule has 0 atom stereocenters. The molecule has 0 spiro atoms. The van der Waals surface area contributed by atoms with Crippen molar-refractivity contribution in [1.29, 1.82) is 0 Å². The Morgan fingerprint density at radius 1 is 1.27 bits per heavy atom. The maximum atomic E-state index is 6.16. The summed E-state index contributed by atoms with van der Waals surface area (Å²) in [5, 5.41) is 5.47. The van der Waals surface area contributed by atoms with E-state index in [2.05, 4.69) is 28.5 Å². The van der Waals surface area contributed by atoms with Gasteiger partial charge < -0.3 is 10.4 Å². The molecule has 0 aliphatic heterocycles. The van der Waals surface area contributed by atoms with Crippen LogP contribution in [0.15, 0.2) is 63.8 Å². The maximum absolute atomic E-state index is 6.16. The first-order valence-electron chi connectivity index (χ1n) is 8.24. The third-order valence-corrected chi connectivity index (χ3v) is 5.16. The van der Waals surface area contributed by atoms with E-state index in [1.54, 1.807) is 30.4 Å². The van der Waals surface area contributed by atoms with Gasteiger partial charge in [-0.15, -0.1) is 0 Å². The highest BCUT2D eigenvalue weighted by atomic mass is 35.5. The van der Waals surface area contributed by atoms with Gasteiger partial charge in [0.05, 0.1) is 18.5 Å². The Kier molecular flexibility index (Phi) is 5.96. The Labute approximate surface area is 162 Å². The summed E-state index contributed by atoms with van der Waals surface area (Å²) in [6.45, 7) is 4.92. The molecule has 3 rings (SSSR count). The molecular formula is C19H20ClN5S. The third-order valence-electron chi connectivity index (χ3n) is 3.81. The molecule has 1 aromatic carbocycles. The summed E-state index contributed by atoms with van der Waals surface area (Å²) >= 11 is 7.80. The minimum Gasteiger partial charge on any atom is -0.323 e. The zero-order valence-corrected chi connectivity index (χ0v) is 16.2. The quantitative estimate of drug-likeness (QED) is 0.384. The molecule has 0 bridgehead atoms. The number of nitrogens with zero attached hydrogens (tertiary/aromatic N) is 4. The van der Waals surface area contributed by atoms with E-state index >= 15 is 0 Å². The molecule has 0 amide bonds. The summed E-state index contributed by atoms with van der Waals surface area (Å²) in [4.78, 5) is 9.93. The van der Waals surface area contributed by atoms with Crippen LogP contribution in [0.3, 0.4) is 0 Å². The Bertz CT molecular complexity index is 906. The van der Waals surface area contributed by atoms with Gasteiger partial charge in [-0.3, -0.25) is 4.98 Å². The predicted molar refractivity (Wildman–Crippen MR) is 107 cm³/mol. The molecule has 2 heterocycles. The molecule has 0 saturated carbocycles. The van der Waals surface area contributed by atoms with E-state index < -0.39 is 0 Å². The molecule has 2 aromatic heterocycles. The van der Waals surface area contributed by atoms with Gasteiger partial charge in [-0.1, -0.05) is 43.3 Å². The average Bonchev–Trinajstić information content (AvgIpc) is 2.94. The van der Waals surface area contributed by atoms with Crippen molar-refractivity contribution < 1.29 is 0 Å². The molecule has 0 aliphatic rings. The smallest absolute Gasteiger partial charge is 0.154 e. The maximum Gasteiger partial charge on any atom is 0.154 e. The van der Waals surface area contributed by atoms with Crippen LogP contribution in [-0.4, -0.2) is 20.7 Å². The summed E-state index contributed by atoms with van der Waals surface area (Å²) < 4.78 is 2.13. The molecule has 0 radical (unpaired) electrons. The van der Waals surface area contributed by atoms with E-state index in [-0.39, 0.29) is 5.92 Å². The monoisotopic (exact) mass is 385 g/mol. The summed E-state index contributed by atoms with van der Waals surface area (Å²) in [6, 6.07) is 11.8. The van der Waals surface area contributed by atoms with Crippen molar-refractivity contribution in [2.24, 2.45) is 10.9 Å². The Morgan fingerprint density at radius 3 is 2.69 bits per heavy atom. The highest BCUT2D eigenvalue weighted by Crippen LogP contribution is 2.35. The van der Waals surface area contributed by atoms with Crippen molar-refractivity contribution >= 4 is 29.6 Å². The summed E-state index contributed by atoms with van der Waals surface area (Å²) in [5.41, 5.74) is 2.14. The number of hydrazone groups is 1. The van der Waals surface area contributed by atoms with Gasteiger partial charge in [0.2, 0.25) is 0 Å². The second kappa shape index (κ2) is 8.38. The number of halogens is 1. The number of pyridine rings is 1. The second-order valence-electron chi connectivity index (χ2n) is 6.09. The molecule has 2 N–H and O–H groups in total. The first-order chi connectivity index (χ1) is 12.6. The minimum absolute atomic E-state index is 0.264. The first kappa shape index (κ1) is 18.5. The molecule has 0 aliphatic carbocycles. The van der Waals surface area contributed by atoms with E-state index in [0.717, 1.165) is 27.0 Å². The van der Waals surface area contributed by atoms with Gasteiger partial charge in [-0.25, -0.2) is 4.98 Å². The zero-order chi connectivity index (χ0) is 18.5. The van der Waals surface area contributed by atoms with Crippen LogP contribution in [0.5, 0.6) is 0 Å². The van der Waals surface area contributed by atoms with E-state index in [9.17, 15) is 0 Å². The number of nitrogens with two attached hydrogens (primary N) is 1. The van der Waals surface area contributed by atoms with Crippen LogP contribution in [0.1, 0.15) is 36.8 Å². The van der Waals surface area contributed by atoms with Gasteiger partial charge in [-0.2, -0.15) is 5.10 Å². The lowest BCUT2D eigenvalue weighted by molar-refractivity contribution is 0.704. The topological polar surface area (TPSA) is 69.1 Å². The molecule has 0 unspecified atom stereocenters. The number of hydrogen-bond acceptors (Lipinski definition) is 5. The van der Waals surface area contributed by atoms with Crippen molar-refractivity contribution in [2.45, 2.75) is 36.2 Å². The highest BCUT2D eigenvalue weighted by molar-refractivity contribution is 7.99. The van der Waals surface area contributed by atoms with E-state index in [1.807, 2.05) is 36.4 Å². The third kappa shape index (κ3) is 4.26. The van der Waals surface area contributed by atoms with Gasteiger partial charge in [0.25, 0.3) is 0 Å². The zero-order valence-electron chi connectivity index (χ0n) is 14.6. The van der Waals surface area contributed by atoms with Gasteiger partial charge in [0, 0.05) is 22.3 Å².